The summed E-state index contributed by atoms with van der Waals surface area (Å²) < 4.78 is 34.4. The second-order valence-corrected chi connectivity index (χ2v) is 6.85. The first-order valence-corrected chi connectivity index (χ1v) is 8.19. The molecule has 0 saturated heterocycles. The van der Waals surface area contributed by atoms with Gasteiger partial charge in [-0.1, -0.05) is 13.0 Å². The van der Waals surface area contributed by atoms with E-state index in [4.69, 9.17) is 15.2 Å². The van der Waals surface area contributed by atoms with Crippen LogP contribution in [0.5, 0.6) is 11.5 Å². The second-order valence-electron chi connectivity index (χ2n) is 4.62. The van der Waals surface area contributed by atoms with E-state index in [1.54, 1.807) is 18.2 Å². The molecule has 2 N–H and O–H groups in total. The number of nitrogens with two attached hydrogens (primary N) is 1. The van der Waals surface area contributed by atoms with Crippen LogP contribution in [0.25, 0.3) is 0 Å². The van der Waals surface area contributed by atoms with Crippen molar-refractivity contribution in [3.05, 3.63) is 23.8 Å². The van der Waals surface area contributed by atoms with Crippen LogP contribution in [-0.2, 0) is 9.84 Å². The molecule has 0 fully saturated rings. The number of fused-ring (bicyclic) bond motifs is 1. The van der Waals surface area contributed by atoms with E-state index in [9.17, 15) is 8.42 Å². The Morgan fingerprint density at radius 3 is 2.63 bits per heavy atom. The fraction of sp³-hybridized carbons (Fsp3) is 0.538. The quantitative estimate of drug-likeness (QED) is 0.881. The standard InChI is InChI=1S/C13H19NO4S/c1-2-7-19(15,16)9-11(14)10-3-4-12-13(8-10)18-6-5-17-12/h3-4,8,11H,2,5-7,9,14H2,1H3. The Bertz CT molecular complexity index is 542. The zero-order chi connectivity index (χ0) is 13.9. The zero-order valence-electron chi connectivity index (χ0n) is 11.0. The fourth-order valence-corrected chi connectivity index (χ4v) is 3.58. The molecule has 0 radical (unpaired) electrons. The lowest BCUT2D eigenvalue weighted by molar-refractivity contribution is 0.171. The zero-order valence-corrected chi connectivity index (χ0v) is 11.8. The van der Waals surface area contributed by atoms with E-state index in [1.807, 2.05) is 6.92 Å². The summed E-state index contributed by atoms with van der Waals surface area (Å²) in [4.78, 5) is 0. The van der Waals surface area contributed by atoms with Crippen molar-refractivity contribution in [2.75, 3.05) is 24.7 Å². The lowest BCUT2D eigenvalue weighted by atomic mass is 10.1. The Hall–Kier alpha value is -1.27. The Balaban J connectivity index is 2.13. The van der Waals surface area contributed by atoms with Gasteiger partial charge in [-0.25, -0.2) is 8.42 Å². The van der Waals surface area contributed by atoms with E-state index < -0.39 is 15.9 Å². The van der Waals surface area contributed by atoms with Crippen molar-refractivity contribution in [2.24, 2.45) is 5.73 Å². The van der Waals surface area contributed by atoms with E-state index >= 15 is 0 Å². The Kier molecular flexibility index (Phi) is 4.31. The lowest BCUT2D eigenvalue weighted by Crippen LogP contribution is -2.24. The molecule has 19 heavy (non-hydrogen) atoms. The third-order valence-electron chi connectivity index (χ3n) is 2.94. The van der Waals surface area contributed by atoms with Crippen LogP contribution in [0.1, 0.15) is 24.9 Å². The molecule has 0 amide bonds. The lowest BCUT2D eigenvalue weighted by Gasteiger charge is -2.20. The number of benzene rings is 1. The number of hydrogen-bond donors (Lipinski definition) is 1. The minimum absolute atomic E-state index is 0.0412. The first kappa shape index (κ1) is 14.1. The highest BCUT2D eigenvalue weighted by atomic mass is 32.2. The van der Waals surface area contributed by atoms with Gasteiger partial charge in [0.05, 0.1) is 5.75 Å². The van der Waals surface area contributed by atoms with Crippen molar-refractivity contribution >= 4 is 9.84 Å². The average molecular weight is 285 g/mol. The maximum absolute atomic E-state index is 11.8. The van der Waals surface area contributed by atoms with Gasteiger partial charge in [0, 0.05) is 11.8 Å². The largest absolute Gasteiger partial charge is 0.486 e. The van der Waals surface area contributed by atoms with Crippen molar-refractivity contribution in [1.29, 1.82) is 0 Å². The van der Waals surface area contributed by atoms with Crippen molar-refractivity contribution in [1.82, 2.24) is 0 Å². The number of sulfone groups is 1. The highest BCUT2D eigenvalue weighted by molar-refractivity contribution is 7.91. The molecule has 1 aromatic carbocycles. The Labute approximate surface area is 113 Å². The van der Waals surface area contributed by atoms with Gasteiger partial charge in [-0.15, -0.1) is 0 Å². The highest BCUT2D eigenvalue weighted by Gasteiger charge is 2.19. The van der Waals surface area contributed by atoms with Crippen LogP contribution < -0.4 is 15.2 Å². The highest BCUT2D eigenvalue weighted by Crippen LogP contribution is 2.32. The van der Waals surface area contributed by atoms with Crippen LogP contribution in [0.4, 0.5) is 0 Å². The monoisotopic (exact) mass is 285 g/mol. The molecule has 0 spiro atoms. The molecule has 0 bridgehead atoms. The van der Waals surface area contributed by atoms with Gasteiger partial charge in [-0.05, 0) is 24.1 Å². The van der Waals surface area contributed by atoms with E-state index in [1.165, 1.54) is 0 Å². The molecule has 5 nitrogen and oxygen atoms in total. The minimum atomic E-state index is -3.10. The number of ether oxygens (including phenoxy) is 2. The molecule has 0 aliphatic carbocycles. The molecule has 0 aromatic heterocycles. The van der Waals surface area contributed by atoms with E-state index in [0.29, 0.717) is 31.1 Å². The smallest absolute Gasteiger partial charge is 0.161 e. The molecule has 1 atom stereocenters. The van der Waals surface area contributed by atoms with Crippen LogP contribution in [0.2, 0.25) is 0 Å². The summed E-state index contributed by atoms with van der Waals surface area (Å²) >= 11 is 0. The predicted octanol–water partition coefficient (Wildman–Crippen LogP) is 1.28. The normalized spacial score (nSPS) is 16.1. The molecule has 1 unspecified atom stereocenters. The third-order valence-corrected chi connectivity index (χ3v) is 4.84. The molecule has 1 aromatic rings. The van der Waals surface area contributed by atoms with Gasteiger partial charge < -0.3 is 15.2 Å². The Morgan fingerprint density at radius 2 is 1.95 bits per heavy atom. The first-order chi connectivity index (χ1) is 9.02. The summed E-state index contributed by atoms with van der Waals surface area (Å²) in [5, 5.41) is 0. The fourth-order valence-electron chi connectivity index (χ4n) is 2.05. The van der Waals surface area contributed by atoms with Gasteiger partial charge in [0.1, 0.15) is 13.2 Å². The predicted molar refractivity (Wildman–Crippen MR) is 73.3 cm³/mol. The van der Waals surface area contributed by atoms with E-state index in [0.717, 1.165) is 5.56 Å². The number of hydrogen-bond acceptors (Lipinski definition) is 5. The van der Waals surface area contributed by atoms with Gasteiger partial charge >= 0.3 is 0 Å². The first-order valence-electron chi connectivity index (χ1n) is 6.37. The van der Waals surface area contributed by atoms with Crippen molar-refractivity contribution < 1.29 is 17.9 Å². The van der Waals surface area contributed by atoms with Crippen LogP contribution in [-0.4, -0.2) is 33.1 Å². The molecule has 2 rings (SSSR count). The SMILES string of the molecule is CCCS(=O)(=O)CC(N)c1ccc2c(c1)OCCO2. The van der Waals surface area contributed by atoms with Gasteiger partial charge in [-0.2, -0.15) is 0 Å². The summed E-state index contributed by atoms with van der Waals surface area (Å²) in [6, 6.07) is 4.79. The summed E-state index contributed by atoms with van der Waals surface area (Å²) in [5.74, 6) is 1.44. The summed E-state index contributed by atoms with van der Waals surface area (Å²) in [7, 11) is -3.10. The van der Waals surface area contributed by atoms with Crippen molar-refractivity contribution in [3.8, 4) is 11.5 Å². The van der Waals surface area contributed by atoms with Crippen LogP contribution in [0.15, 0.2) is 18.2 Å². The summed E-state index contributed by atoms with van der Waals surface area (Å²) in [6.07, 6.45) is 0.607. The van der Waals surface area contributed by atoms with Gasteiger partial charge in [0.15, 0.2) is 21.3 Å². The van der Waals surface area contributed by atoms with Crippen LogP contribution in [0.3, 0.4) is 0 Å². The van der Waals surface area contributed by atoms with Crippen LogP contribution in [0, 0.1) is 0 Å². The Morgan fingerprint density at radius 1 is 1.26 bits per heavy atom. The molecule has 1 aliphatic heterocycles. The molecule has 1 heterocycles. The molecule has 106 valence electrons. The average Bonchev–Trinajstić information content (AvgIpc) is 2.37. The van der Waals surface area contributed by atoms with Crippen molar-refractivity contribution in [2.45, 2.75) is 19.4 Å². The molecule has 1 aliphatic rings. The second kappa shape index (κ2) is 5.79. The molecular formula is C13H19NO4S. The summed E-state index contributed by atoms with van der Waals surface area (Å²) in [5.41, 5.74) is 6.72. The van der Waals surface area contributed by atoms with Gasteiger partial charge in [0.25, 0.3) is 0 Å². The van der Waals surface area contributed by atoms with Crippen LogP contribution >= 0.6 is 0 Å². The molecular weight excluding hydrogens is 266 g/mol. The van der Waals surface area contributed by atoms with Gasteiger partial charge in [-0.3, -0.25) is 0 Å². The van der Waals surface area contributed by atoms with Crippen molar-refractivity contribution in [3.63, 3.8) is 0 Å². The van der Waals surface area contributed by atoms with E-state index in [-0.39, 0.29) is 11.5 Å². The maximum atomic E-state index is 11.8. The van der Waals surface area contributed by atoms with E-state index in [2.05, 4.69) is 0 Å². The number of rotatable bonds is 5. The third kappa shape index (κ3) is 3.61. The minimum Gasteiger partial charge on any atom is -0.486 e. The maximum Gasteiger partial charge on any atom is 0.161 e. The molecule has 0 saturated carbocycles. The molecule has 6 heteroatoms. The van der Waals surface area contributed by atoms with Gasteiger partial charge in [0.2, 0.25) is 0 Å². The topological polar surface area (TPSA) is 78.6 Å². The summed E-state index contributed by atoms with van der Waals surface area (Å²) in [6.45, 7) is 2.87.